The van der Waals surface area contributed by atoms with Gasteiger partial charge >= 0.3 is 14.0 Å². The van der Waals surface area contributed by atoms with Crippen LogP contribution in [-0.2, 0) is 34.7 Å². The van der Waals surface area contributed by atoms with Crippen LogP contribution in [0.1, 0.15) is 65.6 Å². The molecule has 1 spiro atoms. The Morgan fingerprint density at radius 1 is 1.24 bits per heavy atom. The molecule has 3 aliphatic heterocycles. The van der Waals surface area contributed by atoms with E-state index in [1.165, 1.54) is 29.7 Å². The maximum atomic E-state index is 14.3. The third kappa shape index (κ3) is 7.69. The Labute approximate surface area is 276 Å². The number of methoxy groups -OCH3 is 1. The minimum absolute atomic E-state index is 0.0668. The molecule has 4 atom stereocenters. The Morgan fingerprint density at radius 3 is 2.67 bits per heavy atom. The summed E-state index contributed by atoms with van der Waals surface area (Å²) in [5.41, 5.74) is -2.99. The van der Waals surface area contributed by atoms with E-state index in [1.54, 1.807) is 0 Å². The van der Waals surface area contributed by atoms with Crippen molar-refractivity contribution in [2.75, 3.05) is 27.1 Å². The number of nitrogens with zero attached hydrogens (tertiary/aromatic N) is 3. The van der Waals surface area contributed by atoms with E-state index >= 15 is 0 Å². The molecule has 3 aliphatic rings. The van der Waals surface area contributed by atoms with Crippen LogP contribution in [0.4, 0.5) is 13.6 Å². The number of phosphoric acid groups is 1. The Kier molecular flexibility index (Phi) is 10.3. The van der Waals surface area contributed by atoms with Crippen LogP contribution in [0.5, 0.6) is 5.75 Å². The highest BCUT2D eigenvalue weighted by molar-refractivity contribution is 7.46. The third-order valence-electron chi connectivity index (χ3n) is 8.33. The van der Waals surface area contributed by atoms with Crippen LogP contribution < -0.4 is 15.5 Å². The second-order valence-electron chi connectivity index (χ2n) is 11.6. The summed E-state index contributed by atoms with van der Waals surface area (Å²) >= 11 is 0. The zero-order valence-electron chi connectivity index (χ0n) is 26.4. The van der Waals surface area contributed by atoms with Crippen LogP contribution in [0.15, 0.2) is 34.3 Å². The first kappa shape index (κ1) is 35.7. The van der Waals surface area contributed by atoms with E-state index in [2.05, 4.69) is 15.0 Å². The number of carbonyl (C=O) groups is 3. The molecule has 17 nitrogen and oxygen atoms in total. The summed E-state index contributed by atoms with van der Waals surface area (Å²) in [6.45, 7) is 1.11. The second kappa shape index (κ2) is 14.1. The maximum Gasteiger partial charge on any atom is 0.511 e. The zero-order valence-corrected chi connectivity index (χ0v) is 27.3. The first-order valence-corrected chi connectivity index (χ1v) is 16.4. The molecular formula is C29H33F2N4O13P. The maximum absolute atomic E-state index is 14.3. The number of aromatic nitrogens is 1. The number of amides is 2. The molecule has 266 valence electrons. The normalized spacial score (nSPS) is 22.0. The molecule has 2 aromatic rings. The number of halogens is 2. The zero-order chi connectivity index (χ0) is 35.7. The SMILES string of the molecule is COC1=NO[C@@]2(CC[C@H](C)N3C[C@H]2n2cc(C(=O)NCc4ccc(F)cc4F)c(=O)c(OCOC(=O)OC[C@H](C)OP(=O)(O)O)c2C3=O)C1. The Morgan fingerprint density at radius 2 is 2.00 bits per heavy atom. The lowest BCUT2D eigenvalue weighted by atomic mass is 9.85. The minimum atomic E-state index is -4.86. The number of rotatable bonds is 10. The number of nitrogens with one attached hydrogen (secondary N) is 1. The smallest absolute Gasteiger partial charge is 0.482 e. The molecule has 49 heavy (non-hydrogen) atoms. The fourth-order valence-electron chi connectivity index (χ4n) is 5.88. The van der Waals surface area contributed by atoms with Crippen LogP contribution in [-0.4, -0.2) is 87.9 Å². The van der Waals surface area contributed by atoms with Gasteiger partial charge in [0.2, 0.25) is 23.9 Å². The highest BCUT2D eigenvalue weighted by Gasteiger charge is 2.55. The molecule has 0 unspecified atom stereocenters. The lowest BCUT2D eigenvalue weighted by molar-refractivity contribution is -0.0658. The van der Waals surface area contributed by atoms with E-state index in [9.17, 15) is 32.5 Å². The number of benzene rings is 1. The molecule has 0 saturated carbocycles. The second-order valence-corrected chi connectivity index (χ2v) is 12.8. The van der Waals surface area contributed by atoms with Gasteiger partial charge in [-0.3, -0.25) is 18.9 Å². The summed E-state index contributed by atoms with van der Waals surface area (Å²) in [5, 5.41) is 6.47. The van der Waals surface area contributed by atoms with E-state index in [0.717, 1.165) is 12.1 Å². The van der Waals surface area contributed by atoms with E-state index in [0.29, 0.717) is 24.8 Å². The fourth-order valence-corrected chi connectivity index (χ4v) is 6.41. The molecule has 0 radical (unpaired) electrons. The van der Waals surface area contributed by atoms with Crippen molar-refractivity contribution < 1.29 is 65.8 Å². The summed E-state index contributed by atoms with van der Waals surface area (Å²) < 4.78 is 64.9. The van der Waals surface area contributed by atoms with E-state index in [1.807, 2.05) is 6.92 Å². The van der Waals surface area contributed by atoms with Crippen molar-refractivity contribution in [2.24, 2.45) is 5.16 Å². The van der Waals surface area contributed by atoms with Crippen LogP contribution >= 0.6 is 7.82 Å². The van der Waals surface area contributed by atoms with Gasteiger partial charge in [-0.25, -0.2) is 18.1 Å². The van der Waals surface area contributed by atoms with E-state index in [4.69, 9.17) is 33.6 Å². The van der Waals surface area contributed by atoms with Crippen LogP contribution in [0.3, 0.4) is 0 Å². The lowest BCUT2D eigenvalue weighted by Gasteiger charge is -2.42. The lowest BCUT2D eigenvalue weighted by Crippen LogP contribution is -2.52. The summed E-state index contributed by atoms with van der Waals surface area (Å²) in [4.78, 5) is 78.6. The van der Waals surface area contributed by atoms with Crippen molar-refractivity contribution >= 4 is 31.7 Å². The van der Waals surface area contributed by atoms with Gasteiger partial charge in [-0.2, -0.15) is 0 Å². The minimum Gasteiger partial charge on any atom is -0.482 e. The number of fused-ring (bicyclic) bond motifs is 5. The monoisotopic (exact) mass is 714 g/mol. The number of hydrogen-bond donors (Lipinski definition) is 3. The average Bonchev–Trinajstić information content (AvgIpc) is 3.41. The number of oxime groups is 1. The van der Waals surface area contributed by atoms with Crippen LogP contribution in [0.25, 0.3) is 0 Å². The van der Waals surface area contributed by atoms with Gasteiger partial charge in [0.25, 0.3) is 11.8 Å². The van der Waals surface area contributed by atoms with Gasteiger partial charge in [-0.05, 0) is 32.8 Å². The van der Waals surface area contributed by atoms with Crippen molar-refractivity contribution in [3.63, 3.8) is 0 Å². The first-order valence-electron chi connectivity index (χ1n) is 14.9. The molecule has 1 fully saturated rings. The van der Waals surface area contributed by atoms with Gasteiger partial charge in [0.1, 0.15) is 29.9 Å². The van der Waals surface area contributed by atoms with Crippen LogP contribution in [0, 0.1) is 11.6 Å². The first-order chi connectivity index (χ1) is 23.1. The van der Waals surface area contributed by atoms with Crippen molar-refractivity contribution in [1.29, 1.82) is 0 Å². The fraction of sp³-hybridized carbons (Fsp3) is 0.483. The number of carbonyl (C=O) groups excluding carboxylic acids is 3. The number of ether oxygens (including phenoxy) is 4. The van der Waals surface area contributed by atoms with Gasteiger partial charge in [0, 0.05) is 37.0 Å². The summed E-state index contributed by atoms with van der Waals surface area (Å²) in [5.74, 6) is -3.71. The molecular weight excluding hydrogens is 681 g/mol. The Hall–Kier alpha value is -4.58. The highest BCUT2D eigenvalue weighted by atomic mass is 31.2. The van der Waals surface area contributed by atoms with Crippen molar-refractivity contribution in [1.82, 2.24) is 14.8 Å². The Balaban J connectivity index is 1.48. The molecule has 0 aliphatic carbocycles. The van der Waals surface area contributed by atoms with Gasteiger partial charge in [0.15, 0.2) is 11.3 Å². The average molecular weight is 715 g/mol. The number of phosphoric ester groups is 1. The molecule has 5 rings (SSSR count). The van der Waals surface area contributed by atoms with Gasteiger partial charge in [-0.1, -0.05) is 11.2 Å². The largest absolute Gasteiger partial charge is 0.511 e. The van der Waals surface area contributed by atoms with E-state index < -0.39 is 91.9 Å². The van der Waals surface area contributed by atoms with Crippen molar-refractivity contribution in [3.8, 4) is 5.75 Å². The molecule has 4 heterocycles. The molecule has 1 saturated heterocycles. The molecule has 1 aromatic heterocycles. The van der Waals surface area contributed by atoms with E-state index in [-0.39, 0.29) is 30.3 Å². The summed E-state index contributed by atoms with van der Waals surface area (Å²) in [7, 11) is -3.43. The van der Waals surface area contributed by atoms with Gasteiger partial charge < -0.3 is 48.4 Å². The van der Waals surface area contributed by atoms with Crippen molar-refractivity contribution in [3.05, 3.63) is 63.1 Å². The topological polar surface area (TPSA) is 214 Å². The van der Waals surface area contributed by atoms with Crippen LogP contribution in [0.2, 0.25) is 0 Å². The molecule has 3 N–H and O–H groups in total. The highest BCUT2D eigenvalue weighted by Crippen LogP contribution is 2.46. The van der Waals surface area contributed by atoms with Gasteiger partial charge in [-0.15, -0.1) is 0 Å². The molecule has 2 bridgehead atoms. The van der Waals surface area contributed by atoms with Gasteiger partial charge in [0.05, 0.1) is 19.6 Å². The number of hydrogen-bond acceptors (Lipinski definition) is 12. The Bertz CT molecular complexity index is 1780. The predicted molar refractivity (Wildman–Crippen MR) is 160 cm³/mol. The molecule has 2 amide bonds. The quantitative estimate of drug-likeness (QED) is 0.183. The number of pyridine rings is 1. The third-order valence-corrected chi connectivity index (χ3v) is 8.97. The molecule has 1 aromatic carbocycles. The molecule has 20 heteroatoms. The summed E-state index contributed by atoms with van der Waals surface area (Å²) in [6, 6.07) is 1.72. The van der Waals surface area contributed by atoms with Crippen molar-refractivity contribution in [2.45, 2.75) is 63.4 Å². The predicted octanol–water partition coefficient (Wildman–Crippen LogP) is 2.34. The summed E-state index contributed by atoms with van der Waals surface area (Å²) in [6.07, 6.45) is -0.316. The standard InChI is InChI=1S/C29H33F2N4O13P/c1-15-6-7-29(9-22(43-3)33-48-29)21-12-34(15)27(38)23-25(45-14-46-28(39)44-13-16(2)47-49(40,41)42)24(36)19(11-35(21)23)26(37)32-10-17-4-5-18(30)8-20(17)31/h4-5,8,11,15-16,21H,6-7,9-10,12-14H2,1-3H3,(H,32,37)(H2,40,41,42)/t15-,16-,21+,29-/m0/s1.